The number of ether oxygens (including phenoxy) is 2. The number of aromatic nitrogens is 1. The van der Waals surface area contributed by atoms with Gasteiger partial charge in [0.15, 0.2) is 17.5 Å². The van der Waals surface area contributed by atoms with Gasteiger partial charge in [-0.1, -0.05) is 33.8 Å². The Labute approximate surface area is 195 Å². The Morgan fingerprint density at radius 3 is 2.41 bits per heavy atom. The molecule has 0 amide bonds. The summed E-state index contributed by atoms with van der Waals surface area (Å²) in [7, 11) is 5.08. The van der Waals surface area contributed by atoms with Crippen LogP contribution in [0.1, 0.15) is 49.9 Å². The molecule has 0 fully saturated rings. The first-order chi connectivity index (χ1) is 13.3. The normalized spacial score (nSPS) is 11.8. The molecule has 0 aliphatic rings. The third kappa shape index (κ3) is 7.02. The van der Waals surface area contributed by atoms with Crippen molar-refractivity contribution in [2.75, 3.05) is 27.8 Å². The number of halogens is 1. The summed E-state index contributed by atoms with van der Waals surface area (Å²) < 4.78 is 10.8. The van der Waals surface area contributed by atoms with Crippen molar-refractivity contribution >= 4 is 41.3 Å². The van der Waals surface area contributed by atoms with Crippen molar-refractivity contribution < 1.29 is 9.47 Å². The van der Waals surface area contributed by atoms with Gasteiger partial charge in [0.2, 0.25) is 0 Å². The van der Waals surface area contributed by atoms with E-state index >= 15 is 0 Å². The molecular weight excluding hydrogens is 499 g/mol. The second-order valence-corrected chi connectivity index (χ2v) is 8.50. The van der Waals surface area contributed by atoms with Crippen molar-refractivity contribution in [3.05, 3.63) is 39.8 Å². The molecule has 1 heterocycles. The number of nitrogens with zero attached hydrogens (tertiary/aromatic N) is 2. The molecular formula is C21H33IN4O2S. The Morgan fingerprint density at radius 2 is 1.86 bits per heavy atom. The topological polar surface area (TPSA) is 67.8 Å². The van der Waals surface area contributed by atoms with Crippen LogP contribution in [0.4, 0.5) is 0 Å². The van der Waals surface area contributed by atoms with Crippen molar-refractivity contribution in [3.8, 4) is 11.5 Å². The molecule has 6 nitrogen and oxygen atoms in total. The summed E-state index contributed by atoms with van der Waals surface area (Å²) >= 11 is 1.68. The SMILES string of the molecule is CN=C(NCc1nc(C(C)C)cs1)NCC(C)(C)c1ccc(OC)c(OC)c1.I. The number of rotatable bonds is 8. The Morgan fingerprint density at radius 1 is 1.17 bits per heavy atom. The van der Waals surface area contributed by atoms with E-state index in [1.165, 1.54) is 0 Å². The number of guanidine groups is 1. The first-order valence-electron chi connectivity index (χ1n) is 9.42. The van der Waals surface area contributed by atoms with Crippen molar-refractivity contribution in [2.45, 2.75) is 45.6 Å². The van der Waals surface area contributed by atoms with Gasteiger partial charge in [-0.15, -0.1) is 35.3 Å². The molecule has 0 spiro atoms. The molecule has 0 bridgehead atoms. The van der Waals surface area contributed by atoms with E-state index in [2.05, 4.69) is 59.8 Å². The standard InChI is InChI=1S/C21H32N4O2S.HI/c1-14(2)16-12-28-19(25-16)11-23-20(22-5)24-13-21(3,4)15-8-9-17(26-6)18(10-15)27-7;/h8-10,12,14H,11,13H2,1-7H3,(H2,22,23,24);1H. The summed E-state index contributed by atoms with van der Waals surface area (Å²) in [5.74, 6) is 2.68. The zero-order valence-electron chi connectivity index (χ0n) is 18.3. The van der Waals surface area contributed by atoms with Crippen molar-refractivity contribution in [1.82, 2.24) is 15.6 Å². The van der Waals surface area contributed by atoms with Gasteiger partial charge in [0.1, 0.15) is 5.01 Å². The van der Waals surface area contributed by atoms with Gasteiger partial charge in [-0.05, 0) is 23.6 Å². The van der Waals surface area contributed by atoms with Crippen molar-refractivity contribution in [3.63, 3.8) is 0 Å². The quantitative estimate of drug-likeness (QED) is 0.297. The number of aliphatic imine (C=N–C) groups is 1. The van der Waals surface area contributed by atoms with E-state index in [1.54, 1.807) is 32.6 Å². The van der Waals surface area contributed by atoms with E-state index in [0.717, 1.165) is 40.3 Å². The highest BCUT2D eigenvalue weighted by Gasteiger charge is 2.23. The molecule has 1 aromatic heterocycles. The zero-order chi connectivity index (χ0) is 20.7. The predicted molar refractivity (Wildman–Crippen MR) is 132 cm³/mol. The number of benzene rings is 1. The molecule has 0 unspecified atom stereocenters. The number of hydrogen-bond donors (Lipinski definition) is 2. The molecule has 0 saturated heterocycles. The van der Waals surface area contributed by atoms with Crippen molar-refractivity contribution in [1.29, 1.82) is 0 Å². The Kier molecular flexibility index (Phi) is 10.2. The van der Waals surface area contributed by atoms with Gasteiger partial charge in [0.25, 0.3) is 0 Å². The van der Waals surface area contributed by atoms with Gasteiger partial charge in [-0.3, -0.25) is 4.99 Å². The van der Waals surface area contributed by atoms with Crippen LogP contribution in [0.25, 0.3) is 0 Å². The molecule has 2 aromatic rings. The van der Waals surface area contributed by atoms with E-state index in [4.69, 9.17) is 9.47 Å². The van der Waals surface area contributed by atoms with E-state index in [-0.39, 0.29) is 29.4 Å². The summed E-state index contributed by atoms with van der Waals surface area (Å²) in [5, 5.41) is 9.95. The van der Waals surface area contributed by atoms with Crippen LogP contribution in [0.2, 0.25) is 0 Å². The molecule has 0 radical (unpaired) electrons. The minimum absolute atomic E-state index is 0. The van der Waals surface area contributed by atoms with Gasteiger partial charge >= 0.3 is 0 Å². The first-order valence-corrected chi connectivity index (χ1v) is 10.3. The van der Waals surface area contributed by atoms with Gasteiger partial charge in [-0.2, -0.15) is 0 Å². The van der Waals surface area contributed by atoms with E-state index in [0.29, 0.717) is 12.5 Å². The summed E-state index contributed by atoms with van der Waals surface area (Å²) in [6.07, 6.45) is 0. The number of nitrogens with one attached hydrogen (secondary N) is 2. The molecule has 29 heavy (non-hydrogen) atoms. The fourth-order valence-electron chi connectivity index (χ4n) is 2.72. The molecule has 2 rings (SSSR count). The van der Waals surface area contributed by atoms with E-state index < -0.39 is 0 Å². The molecule has 1 aromatic carbocycles. The molecule has 0 saturated carbocycles. The second kappa shape index (κ2) is 11.6. The van der Waals surface area contributed by atoms with Crippen LogP contribution >= 0.6 is 35.3 Å². The first kappa shape index (κ1) is 25.5. The van der Waals surface area contributed by atoms with Gasteiger partial charge < -0.3 is 20.1 Å². The largest absolute Gasteiger partial charge is 0.493 e. The van der Waals surface area contributed by atoms with Gasteiger partial charge in [0, 0.05) is 24.4 Å². The summed E-state index contributed by atoms with van der Waals surface area (Å²) in [4.78, 5) is 8.98. The maximum atomic E-state index is 5.44. The van der Waals surface area contributed by atoms with Crippen LogP contribution in [0, 0.1) is 0 Å². The van der Waals surface area contributed by atoms with Crippen molar-refractivity contribution in [2.24, 2.45) is 4.99 Å². The maximum absolute atomic E-state index is 5.44. The Balaban J connectivity index is 0.00000420. The minimum Gasteiger partial charge on any atom is -0.493 e. The minimum atomic E-state index is -0.122. The third-order valence-corrected chi connectivity index (χ3v) is 5.52. The zero-order valence-corrected chi connectivity index (χ0v) is 21.5. The lowest BCUT2D eigenvalue weighted by molar-refractivity contribution is 0.353. The lowest BCUT2D eigenvalue weighted by Gasteiger charge is -2.27. The van der Waals surface area contributed by atoms with Crippen LogP contribution in [0.3, 0.4) is 0 Å². The maximum Gasteiger partial charge on any atom is 0.191 e. The molecule has 0 aliphatic carbocycles. The Bertz CT molecular complexity index is 806. The highest BCUT2D eigenvalue weighted by Crippen LogP contribution is 2.32. The highest BCUT2D eigenvalue weighted by molar-refractivity contribution is 14.0. The molecule has 0 aliphatic heterocycles. The lowest BCUT2D eigenvalue weighted by Crippen LogP contribution is -2.43. The third-order valence-electron chi connectivity index (χ3n) is 4.65. The average molecular weight is 532 g/mol. The van der Waals surface area contributed by atoms with Crippen LogP contribution in [0.5, 0.6) is 11.5 Å². The molecule has 162 valence electrons. The molecule has 8 heteroatoms. The van der Waals surface area contributed by atoms with Gasteiger partial charge in [0.05, 0.1) is 26.5 Å². The molecule has 2 N–H and O–H groups in total. The lowest BCUT2D eigenvalue weighted by atomic mass is 9.84. The summed E-state index contributed by atoms with van der Waals surface area (Å²) in [5.41, 5.74) is 2.18. The van der Waals surface area contributed by atoms with E-state index in [9.17, 15) is 0 Å². The Hall–Kier alpha value is -1.55. The number of thiazole rings is 1. The van der Waals surface area contributed by atoms with Crippen LogP contribution in [0.15, 0.2) is 28.6 Å². The van der Waals surface area contributed by atoms with Gasteiger partial charge in [-0.25, -0.2) is 4.98 Å². The fraction of sp³-hybridized carbons (Fsp3) is 0.524. The monoisotopic (exact) mass is 532 g/mol. The average Bonchev–Trinajstić information content (AvgIpc) is 3.16. The summed E-state index contributed by atoms with van der Waals surface area (Å²) in [6, 6.07) is 6.04. The fourth-order valence-corrected chi connectivity index (χ4v) is 3.61. The van der Waals surface area contributed by atoms with Crippen LogP contribution < -0.4 is 20.1 Å². The second-order valence-electron chi connectivity index (χ2n) is 7.55. The smallest absolute Gasteiger partial charge is 0.191 e. The molecule has 0 atom stereocenters. The number of hydrogen-bond acceptors (Lipinski definition) is 5. The van der Waals surface area contributed by atoms with E-state index in [1.807, 2.05) is 12.1 Å². The van der Waals surface area contributed by atoms with Crippen LogP contribution in [-0.2, 0) is 12.0 Å². The van der Waals surface area contributed by atoms with Crippen LogP contribution in [-0.4, -0.2) is 38.8 Å². The highest BCUT2D eigenvalue weighted by atomic mass is 127. The summed E-state index contributed by atoms with van der Waals surface area (Å²) in [6.45, 7) is 10.1. The predicted octanol–water partition coefficient (Wildman–Crippen LogP) is 4.54. The number of methoxy groups -OCH3 is 2.